The summed E-state index contributed by atoms with van der Waals surface area (Å²) < 4.78 is 5.61. The number of hydrogen-bond acceptors (Lipinski definition) is 2. The molecular formula is C18H22ClNO. The summed E-state index contributed by atoms with van der Waals surface area (Å²) in [5.74, 6) is 0.918. The molecule has 2 aromatic rings. The van der Waals surface area contributed by atoms with Gasteiger partial charge in [-0.15, -0.1) is 0 Å². The first-order valence-electron chi connectivity index (χ1n) is 7.06. The van der Waals surface area contributed by atoms with Gasteiger partial charge in [-0.3, -0.25) is 0 Å². The average Bonchev–Trinajstić information content (AvgIpc) is 2.42. The van der Waals surface area contributed by atoms with Crippen LogP contribution in [0.5, 0.6) is 5.75 Å². The van der Waals surface area contributed by atoms with Crippen molar-refractivity contribution >= 4 is 11.6 Å². The molecule has 2 nitrogen and oxygen atoms in total. The summed E-state index contributed by atoms with van der Waals surface area (Å²) in [5.41, 5.74) is 5.99. The molecule has 2 rings (SSSR count). The Morgan fingerprint density at radius 3 is 2.33 bits per heavy atom. The van der Waals surface area contributed by atoms with E-state index in [1.165, 1.54) is 27.8 Å². The van der Waals surface area contributed by atoms with Crippen LogP contribution in [0.4, 0.5) is 0 Å². The molecule has 21 heavy (non-hydrogen) atoms. The monoisotopic (exact) mass is 303 g/mol. The Balaban J connectivity index is 2.61. The molecular weight excluding hydrogens is 282 g/mol. The van der Waals surface area contributed by atoms with Crippen LogP contribution in [0.1, 0.15) is 33.9 Å². The fraction of sp³-hybridized carbons (Fsp3) is 0.333. The van der Waals surface area contributed by atoms with Crippen molar-refractivity contribution < 1.29 is 4.74 Å². The van der Waals surface area contributed by atoms with Crippen LogP contribution in [-0.2, 0) is 0 Å². The molecule has 0 radical (unpaired) electrons. The van der Waals surface area contributed by atoms with Gasteiger partial charge >= 0.3 is 0 Å². The Kier molecular flexibility index (Phi) is 4.92. The van der Waals surface area contributed by atoms with E-state index in [1.807, 2.05) is 19.2 Å². The highest BCUT2D eigenvalue weighted by Crippen LogP contribution is 2.35. The molecule has 1 atom stereocenters. The summed E-state index contributed by atoms with van der Waals surface area (Å²) >= 11 is 6.08. The third kappa shape index (κ3) is 3.22. The molecule has 0 fully saturated rings. The van der Waals surface area contributed by atoms with Gasteiger partial charge in [0.15, 0.2) is 0 Å². The van der Waals surface area contributed by atoms with Crippen molar-refractivity contribution in [2.75, 3.05) is 14.2 Å². The minimum Gasteiger partial charge on any atom is -0.496 e. The van der Waals surface area contributed by atoms with Crippen LogP contribution in [0.25, 0.3) is 0 Å². The summed E-state index contributed by atoms with van der Waals surface area (Å²) in [7, 11) is 3.69. The maximum absolute atomic E-state index is 6.08. The number of methoxy groups -OCH3 is 1. The number of hydrogen-bond donors (Lipinski definition) is 1. The van der Waals surface area contributed by atoms with Gasteiger partial charge in [0.1, 0.15) is 5.75 Å². The maximum atomic E-state index is 6.08. The van der Waals surface area contributed by atoms with Crippen LogP contribution in [0.3, 0.4) is 0 Å². The van der Waals surface area contributed by atoms with Gasteiger partial charge in [0.2, 0.25) is 0 Å². The van der Waals surface area contributed by atoms with E-state index in [0.29, 0.717) is 0 Å². The van der Waals surface area contributed by atoms with E-state index < -0.39 is 0 Å². The van der Waals surface area contributed by atoms with Gasteiger partial charge in [0.05, 0.1) is 13.2 Å². The van der Waals surface area contributed by atoms with Gasteiger partial charge in [-0.05, 0) is 68.3 Å². The molecule has 0 aliphatic heterocycles. The Hall–Kier alpha value is -1.51. The molecule has 0 aromatic heterocycles. The van der Waals surface area contributed by atoms with Gasteiger partial charge in [0.25, 0.3) is 0 Å². The lowest BCUT2D eigenvalue weighted by molar-refractivity contribution is 0.404. The van der Waals surface area contributed by atoms with Crippen LogP contribution in [-0.4, -0.2) is 14.2 Å². The molecule has 1 N–H and O–H groups in total. The molecule has 2 aromatic carbocycles. The van der Waals surface area contributed by atoms with Gasteiger partial charge in [-0.2, -0.15) is 0 Å². The standard InChI is InChI=1S/C18H22ClNO/c1-11-8-13(3)17(16(9-11)21-5)18(20-4)15-7-6-14(19)10-12(15)2/h6-10,18,20H,1-5H3. The van der Waals surface area contributed by atoms with Crippen LogP contribution in [0.2, 0.25) is 5.02 Å². The van der Waals surface area contributed by atoms with Crippen molar-refractivity contribution in [1.82, 2.24) is 5.32 Å². The van der Waals surface area contributed by atoms with Crippen molar-refractivity contribution in [3.05, 3.63) is 63.2 Å². The molecule has 112 valence electrons. The number of rotatable bonds is 4. The molecule has 0 saturated carbocycles. The maximum Gasteiger partial charge on any atom is 0.124 e. The highest BCUT2D eigenvalue weighted by atomic mass is 35.5. The summed E-state index contributed by atoms with van der Waals surface area (Å²) in [4.78, 5) is 0. The predicted molar refractivity (Wildman–Crippen MR) is 89.6 cm³/mol. The summed E-state index contributed by atoms with van der Waals surface area (Å²) in [6.45, 7) is 6.29. The lowest BCUT2D eigenvalue weighted by Gasteiger charge is -2.24. The van der Waals surface area contributed by atoms with E-state index in [2.05, 4.69) is 44.3 Å². The average molecular weight is 304 g/mol. The van der Waals surface area contributed by atoms with Crippen LogP contribution < -0.4 is 10.1 Å². The Morgan fingerprint density at radius 1 is 1.05 bits per heavy atom. The van der Waals surface area contributed by atoms with Crippen molar-refractivity contribution in [3.63, 3.8) is 0 Å². The third-order valence-electron chi connectivity index (χ3n) is 3.83. The first-order valence-corrected chi connectivity index (χ1v) is 7.44. The molecule has 0 amide bonds. The van der Waals surface area contributed by atoms with E-state index in [-0.39, 0.29) is 6.04 Å². The molecule has 0 heterocycles. The normalized spacial score (nSPS) is 12.3. The highest BCUT2D eigenvalue weighted by molar-refractivity contribution is 6.30. The molecule has 0 bridgehead atoms. The molecule has 0 aliphatic carbocycles. The highest BCUT2D eigenvalue weighted by Gasteiger charge is 2.21. The Morgan fingerprint density at radius 2 is 1.76 bits per heavy atom. The zero-order chi connectivity index (χ0) is 15.6. The van der Waals surface area contributed by atoms with Crippen molar-refractivity contribution in [2.24, 2.45) is 0 Å². The summed E-state index contributed by atoms with van der Waals surface area (Å²) in [6, 6.07) is 10.4. The van der Waals surface area contributed by atoms with Crippen molar-refractivity contribution in [2.45, 2.75) is 26.8 Å². The summed E-state index contributed by atoms with van der Waals surface area (Å²) in [5, 5.41) is 4.17. The van der Waals surface area contributed by atoms with Crippen LogP contribution in [0.15, 0.2) is 30.3 Å². The Labute approximate surface area is 132 Å². The minimum atomic E-state index is 0.0813. The van der Waals surface area contributed by atoms with Gasteiger partial charge < -0.3 is 10.1 Å². The van der Waals surface area contributed by atoms with Crippen molar-refractivity contribution in [1.29, 1.82) is 0 Å². The fourth-order valence-corrected chi connectivity index (χ4v) is 3.12. The van der Waals surface area contributed by atoms with Crippen LogP contribution >= 0.6 is 11.6 Å². The lowest BCUT2D eigenvalue weighted by Crippen LogP contribution is -2.20. The first kappa shape index (κ1) is 15.9. The van der Waals surface area contributed by atoms with Crippen molar-refractivity contribution in [3.8, 4) is 5.75 Å². The number of ether oxygens (including phenoxy) is 1. The molecule has 0 saturated heterocycles. The summed E-state index contributed by atoms with van der Waals surface area (Å²) in [6.07, 6.45) is 0. The SMILES string of the molecule is CNC(c1ccc(Cl)cc1C)c1c(C)cc(C)cc1OC. The number of halogens is 1. The zero-order valence-corrected chi connectivity index (χ0v) is 14.0. The third-order valence-corrected chi connectivity index (χ3v) is 4.07. The fourth-order valence-electron chi connectivity index (χ4n) is 2.90. The molecule has 1 unspecified atom stereocenters. The first-order chi connectivity index (χ1) is 9.97. The van der Waals surface area contributed by atoms with E-state index in [0.717, 1.165) is 10.8 Å². The van der Waals surface area contributed by atoms with Crippen LogP contribution in [0, 0.1) is 20.8 Å². The smallest absolute Gasteiger partial charge is 0.124 e. The predicted octanol–water partition coefficient (Wildman–Crippen LogP) is 4.58. The lowest BCUT2D eigenvalue weighted by atomic mass is 9.90. The quantitative estimate of drug-likeness (QED) is 0.892. The van der Waals surface area contributed by atoms with E-state index in [9.17, 15) is 0 Å². The van der Waals surface area contributed by atoms with Gasteiger partial charge in [-0.25, -0.2) is 0 Å². The molecule has 3 heteroatoms. The topological polar surface area (TPSA) is 21.3 Å². The number of benzene rings is 2. The largest absolute Gasteiger partial charge is 0.496 e. The van der Waals surface area contributed by atoms with Gasteiger partial charge in [0, 0.05) is 10.6 Å². The van der Waals surface area contributed by atoms with E-state index in [4.69, 9.17) is 16.3 Å². The molecule has 0 spiro atoms. The minimum absolute atomic E-state index is 0.0813. The molecule has 0 aliphatic rings. The second kappa shape index (κ2) is 6.50. The zero-order valence-electron chi connectivity index (χ0n) is 13.3. The van der Waals surface area contributed by atoms with E-state index in [1.54, 1.807) is 7.11 Å². The number of nitrogens with one attached hydrogen (secondary N) is 1. The Bertz CT molecular complexity index is 652. The van der Waals surface area contributed by atoms with Gasteiger partial charge in [-0.1, -0.05) is 23.7 Å². The second-order valence-electron chi connectivity index (χ2n) is 5.42. The van der Waals surface area contributed by atoms with E-state index >= 15 is 0 Å². The number of aryl methyl sites for hydroxylation is 3. The second-order valence-corrected chi connectivity index (χ2v) is 5.86.